The summed E-state index contributed by atoms with van der Waals surface area (Å²) in [5, 5.41) is 2.77. The Kier molecular flexibility index (Phi) is 5.08. The van der Waals surface area contributed by atoms with Crippen LogP contribution >= 0.6 is 0 Å². The molecule has 0 saturated carbocycles. The van der Waals surface area contributed by atoms with Crippen LogP contribution in [0.5, 0.6) is 5.75 Å². The van der Waals surface area contributed by atoms with E-state index in [-0.39, 0.29) is 24.4 Å². The van der Waals surface area contributed by atoms with E-state index in [4.69, 9.17) is 10.5 Å². The van der Waals surface area contributed by atoms with E-state index in [2.05, 4.69) is 15.3 Å². The number of anilines is 1. The van der Waals surface area contributed by atoms with Gasteiger partial charge in [-0.15, -0.1) is 0 Å². The van der Waals surface area contributed by atoms with Gasteiger partial charge in [-0.1, -0.05) is 6.07 Å². The normalized spacial score (nSPS) is 16.8. The molecular weight excluding hydrogens is 325 g/mol. The van der Waals surface area contributed by atoms with Gasteiger partial charge in [0.25, 0.3) is 0 Å². The summed E-state index contributed by atoms with van der Waals surface area (Å²) in [4.78, 5) is 22.4. The summed E-state index contributed by atoms with van der Waals surface area (Å²) in [5.74, 6) is 0.263. The van der Waals surface area contributed by atoms with Gasteiger partial charge >= 0.3 is 6.03 Å². The van der Waals surface area contributed by atoms with Gasteiger partial charge in [-0.2, -0.15) is 0 Å². The van der Waals surface area contributed by atoms with Crippen LogP contribution < -0.4 is 15.8 Å². The Morgan fingerprint density at radius 1 is 1.44 bits per heavy atom. The first-order valence-corrected chi connectivity index (χ1v) is 8.04. The van der Waals surface area contributed by atoms with Crippen LogP contribution in [0, 0.1) is 5.82 Å². The van der Waals surface area contributed by atoms with E-state index in [1.807, 2.05) is 0 Å². The van der Waals surface area contributed by atoms with Crippen LogP contribution in [-0.2, 0) is 6.54 Å². The molecule has 1 aliphatic heterocycles. The molecule has 1 aromatic carbocycles. The minimum Gasteiger partial charge on any atom is -0.494 e. The van der Waals surface area contributed by atoms with Crippen molar-refractivity contribution in [3.8, 4) is 5.75 Å². The molecule has 1 fully saturated rings. The fraction of sp³-hybridized carbons (Fsp3) is 0.353. The zero-order valence-corrected chi connectivity index (χ0v) is 13.9. The second-order valence-corrected chi connectivity index (χ2v) is 5.77. The number of aromatic nitrogens is 2. The quantitative estimate of drug-likeness (QED) is 0.888. The van der Waals surface area contributed by atoms with Crippen molar-refractivity contribution in [3.05, 3.63) is 47.8 Å². The maximum Gasteiger partial charge on any atom is 0.322 e. The molecule has 25 heavy (non-hydrogen) atoms. The lowest BCUT2D eigenvalue weighted by Crippen LogP contribution is -2.34. The number of urea groups is 1. The number of benzene rings is 1. The average Bonchev–Trinajstić information content (AvgIpc) is 3.12. The SMILES string of the molecule is COc1ccc(C2CCCN2C(=O)Nc2cnc(CN)nc2)cc1F. The number of nitrogens with one attached hydrogen (secondary N) is 1. The lowest BCUT2D eigenvalue weighted by molar-refractivity contribution is 0.207. The highest BCUT2D eigenvalue weighted by Crippen LogP contribution is 2.34. The van der Waals surface area contributed by atoms with Gasteiger partial charge in [-0.3, -0.25) is 0 Å². The number of rotatable bonds is 4. The van der Waals surface area contributed by atoms with Crippen molar-refractivity contribution >= 4 is 11.7 Å². The standard InChI is InChI=1S/C17H20FN5O2/c1-25-15-5-4-11(7-13(15)18)14-3-2-6-23(14)17(24)22-12-9-20-16(8-19)21-10-12/h4-5,7,9-10,14H,2-3,6,8,19H2,1H3,(H,22,24). The minimum absolute atomic E-state index is 0.176. The number of ether oxygens (including phenoxy) is 1. The first kappa shape index (κ1) is 17.1. The van der Waals surface area contributed by atoms with E-state index < -0.39 is 5.82 Å². The summed E-state index contributed by atoms with van der Waals surface area (Å²) in [5.41, 5.74) is 6.70. The van der Waals surface area contributed by atoms with Crippen molar-refractivity contribution in [1.29, 1.82) is 0 Å². The van der Waals surface area contributed by atoms with E-state index in [1.54, 1.807) is 17.0 Å². The van der Waals surface area contributed by atoms with Crippen LogP contribution in [-0.4, -0.2) is 34.6 Å². The number of hydrogen-bond acceptors (Lipinski definition) is 5. The fourth-order valence-corrected chi connectivity index (χ4v) is 2.97. The molecule has 8 heteroatoms. The lowest BCUT2D eigenvalue weighted by Gasteiger charge is -2.25. The van der Waals surface area contributed by atoms with Gasteiger partial charge in [0.2, 0.25) is 0 Å². The second kappa shape index (κ2) is 7.43. The van der Waals surface area contributed by atoms with Gasteiger partial charge in [0.1, 0.15) is 5.82 Å². The lowest BCUT2D eigenvalue weighted by atomic mass is 10.0. The molecule has 2 heterocycles. The van der Waals surface area contributed by atoms with Crippen LogP contribution in [0.3, 0.4) is 0 Å². The Hall–Kier alpha value is -2.74. The van der Waals surface area contributed by atoms with Crippen molar-refractivity contribution < 1.29 is 13.9 Å². The van der Waals surface area contributed by atoms with Crippen LogP contribution in [0.15, 0.2) is 30.6 Å². The molecule has 0 radical (unpaired) electrons. The predicted octanol–water partition coefficient (Wildman–Crippen LogP) is 2.45. The smallest absolute Gasteiger partial charge is 0.322 e. The Labute approximate surface area is 145 Å². The number of carbonyl (C=O) groups is 1. The fourth-order valence-electron chi connectivity index (χ4n) is 2.97. The molecule has 132 valence electrons. The Bertz CT molecular complexity index is 753. The highest BCUT2D eigenvalue weighted by atomic mass is 19.1. The number of carbonyl (C=O) groups excluding carboxylic acids is 1. The van der Waals surface area contributed by atoms with E-state index in [0.717, 1.165) is 18.4 Å². The predicted molar refractivity (Wildman–Crippen MR) is 90.6 cm³/mol. The number of methoxy groups -OCH3 is 1. The van der Waals surface area contributed by atoms with Gasteiger partial charge in [0, 0.05) is 6.54 Å². The number of hydrogen-bond donors (Lipinski definition) is 2. The highest BCUT2D eigenvalue weighted by molar-refractivity contribution is 5.89. The maximum atomic E-state index is 14.0. The van der Waals surface area contributed by atoms with Crippen LogP contribution in [0.1, 0.15) is 30.3 Å². The first-order chi connectivity index (χ1) is 12.1. The number of likely N-dealkylation sites (tertiary alicyclic amines) is 1. The molecule has 1 atom stereocenters. The number of nitrogens with two attached hydrogens (primary N) is 1. The van der Waals surface area contributed by atoms with Crippen LogP contribution in [0.2, 0.25) is 0 Å². The number of amides is 2. The summed E-state index contributed by atoms with van der Waals surface area (Å²) >= 11 is 0. The van der Waals surface area contributed by atoms with Gasteiger partial charge in [-0.05, 0) is 30.5 Å². The maximum absolute atomic E-state index is 14.0. The molecule has 0 bridgehead atoms. The molecule has 0 spiro atoms. The Morgan fingerprint density at radius 3 is 2.84 bits per heavy atom. The molecule has 0 aliphatic carbocycles. The second-order valence-electron chi connectivity index (χ2n) is 5.77. The topological polar surface area (TPSA) is 93.4 Å². The summed E-state index contributed by atoms with van der Waals surface area (Å²) in [6, 6.07) is 4.36. The summed E-state index contributed by atoms with van der Waals surface area (Å²) < 4.78 is 18.9. The molecule has 1 unspecified atom stereocenters. The molecule has 1 saturated heterocycles. The summed E-state index contributed by atoms with van der Waals surface area (Å²) in [7, 11) is 1.42. The van der Waals surface area contributed by atoms with Gasteiger partial charge < -0.3 is 20.7 Å². The van der Waals surface area contributed by atoms with E-state index >= 15 is 0 Å². The third kappa shape index (κ3) is 3.69. The van der Waals surface area contributed by atoms with E-state index in [0.29, 0.717) is 18.1 Å². The van der Waals surface area contributed by atoms with Gasteiger partial charge in [0.15, 0.2) is 11.6 Å². The van der Waals surface area contributed by atoms with Gasteiger partial charge in [0.05, 0.1) is 37.8 Å². The monoisotopic (exact) mass is 345 g/mol. The zero-order chi connectivity index (χ0) is 17.8. The molecule has 2 aromatic rings. The van der Waals surface area contributed by atoms with Crippen molar-refractivity contribution in [2.24, 2.45) is 5.73 Å². The van der Waals surface area contributed by atoms with E-state index in [1.165, 1.54) is 25.6 Å². The summed E-state index contributed by atoms with van der Waals surface area (Å²) in [6.45, 7) is 0.845. The molecule has 2 amide bonds. The van der Waals surface area contributed by atoms with Gasteiger partial charge in [-0.25, -0.2) is 19.2 Å². The minimum atomic E-state index is -0.432. The Balaban J connectivity index is 1.73. The summed E-state index contributed by atoms with van der Waals surface area (Å²) in [6.07, 6.45) is 4.67. The molecule has 7 nitrogen and oxygen atoms in total. The molecule has 3 N–H and O–H groups in total. The number of nitrogens with zero attached hydrogens (tertiary/aromatic N) is 3. The molecule has 1 aliphatic rings. The zero-order valence-electron chi connectivity index (χ0n) is 13.9. The van der Waals surface area contributed by atoms with Crippen molar-refractivity contribution in [2.75, 3.05) is 19.0 Å². The first-order valence-electron chi connectivity index (χ1n) is 8.04. The third-order valence-electron chi connectivity index (χ3n) is 4.21. The molecular formula is C17H20FN5O2. The van der Waals surface area contributed by atoms with Crippen molar-refractivity contribution in [1.82, 2.24) is 14.9 Å². The number of halogens is 1. The average molecular weight is 345 g/mol. The molecule has 3 rings (SSSR count). The van der Waals surface area contributed by atoms with Crippen molar-refractivity contribution in [2.45, 2.75) is 25.4 Å². The third-order valence-corrected chi connectivity index (χ3v) is 4.21. The van der Waals surface area contributed by atoms with E-state index in [9.17, 15) is 9.18 Å². The highest BCUT2D eigenvalue weighted by Gasteiger charge is 2.30. The van der Waals surface area contributed by atoms with Crippen molar-refractivity contribution in [3.63, 3.8) is 0 Å². The molecule has 1 aromatic heterocycles. The Morgan fingerprint density at radius 2 is 2.20 bits per heavy atom. The van der Waals surface area contributed by atoms with Crippen LogP contribution in [0.4, 0.5) is 14.9 Å². The largest absolute Gasteiger partial charge is 0.494 e. The van der Waals surface area contributed by atoms with Crippen LogP contribution in [0.25, 0.3) is 0 Å².